The van der Waals surface area contributed by atoms with Gasteiger partial charge in [0.15, 0.2) is 0 Å². The van der Waals surface area contributed by atoms with Crippen molar-refractivity contribution in [3.8, 4) is 0 Å². The molecule has 1 amide bonds. The maximum Gasteiger partial charge on any atom is 0.407 e. The minimum absolute atomic E-state index is 0.0239. The third-order valence-electron chi connectivity index (χ3n) is 4.11. The van der Waals surface area contributed by atoms with E-state index in [1.165, 1.54) is 0 Å². The molecule has 0 aliphatic heterocycles. The number of aromatic nitrogens is 1. The van der Waals surface area contributed by atoms with E-state index < -0.39 is 11.7 Å². The Balaban J connectivity index is 2.05. The molecule has 6 nitrogen and oxygen atoms in total. The molecule has 0 aromatic carbocycles. The van der Waals surface area contributed by atoms with Crippen molar-refractivity contribution in [2.24, 2.45) is 5.92 Å². The quantitative estimate of drug-likeness (QED) is 0.804. The molecular weight excluding hydrogens is 332 g/mol. The van der Waals surface area contributed by atoms with Gasteiger partial charge in [0.1, 0.15) is 5.60 Å². The summed E-state index contributed by atoms with van der Waals surface area (Å²) >= 11 is 0. The molecule has 0 unspecified atom stereocenters. The van der Waals surface area contributed by atoms with Crippen molar-refractivity contribution in [3.63, 3.8) is 0 Å². The number of ether oxygens (including phenoxy) is 2. The van der Waals surface area contributed by atoms with Crippen LogP contribution < -0.4 is 5.32 Å². The number of pyridine rings is 1. The highest BCUT2D eigenvalue weighted by atomic mass is 16.6. The standard InChI is InChI=1S/C20H28N2O4/c1-5-25-18(23)15-9-7-13-21-17(15)12-11-14-8-6-10-16(14)22-19(24)26-20(2,3)4/h7,9,11-14,16H,5-6,8,10H2,1-4H3,(H,22,24)/t14-,16-/m0/s1. The summed E-state index contributed by atoms with van der Waals surface area (Å²) in [7, 11) is 0. The second-order valence-electron chi connectivity index (χ2n) is 7.36. The lowest BCUT2D eigenvalue weighted by molar-refractivity contribution is 0.0495. The average Bonchev–Trinajstić information content (AvgIpc) is 2.98. The summed E-state index contributed by atoms with van der Waals surface area (Å²) in [6.45, 7) is 7.63. The van der Waals surface area contributed by atoms with Crippen LogP contribution in [0.15, 0.2) is 24.4 Å². The topological polar surface area (TPSA) is 77.5 Å². The Morgan fingerprint density at radius 3 is 2.81 bits per heavy atom. The average molecular weight is 360 g/mol. The zero-order valence-corrected chi connectivity index (χ0v) is 16.0. The molecule has 0 radical (unpaired) electrons. The lowest BCUT2D eigenvalue weighted by Gasteiger charge is -2.23. The first kappa shape index (κ1) is 19.9. The molecule has 1 aliphatic rings. The summed E-state index contributed by atoms with van der Waals surface area (Å²) in [5.41, 5.74) is 0.505. The van der Waals surface area contributed by atoms with Crippen LogP contribution in [-0.2, 0) is 9.47 Å². The van der Waals surface area contributed by atoms with Crippen molar-refractivity contribution in [2.75, 3.05) is 6.61 Å². The number of hydrogen-bond acceptors (Lipinski definition) is 5. The van der Waals surface area contributed by atoms with Crippen molar-refractivity contribution in [1.29, 1.82) is 0 Å². The molecule has 1 heterocycles. The molecule has 26 heavy (non-hydrogen) atoms. The van der Waals surface area contributed by atoms with E-state index in [2.05, 4.69) is 10.3 Å². The van der Waals surface area contributed by atoms with Crippen molar-refractivity contribution in [3.05, 3.63) is 35.7 Å². The molecule has 2 atom stereocenters. The second-order valence-corrected chi connectivity index (χ2v) is 7.36. The molecule has 1 fully saturated rings. The van der Waals surface area contributed by atoms with Crippen LogP contribution >= 0.6 is 0 Å². The molecule has 1 saturated carbocycles. The van der Waals surface area contributed by atoms with Gasteiger partial charge >= 0.3 is 12.1 Å². The first-order chi connectivity index (χ1) is 12.3. The third-order valence-corrected chi connectivity index (χ3v) is 4.11. The van der Waals surface area contributed by atoms with Gasteiger partial charge in [-0.2, -0.15) is 0 Å². The van der Waals surface area contributed by atoms with E-state index >= 15 is 0 Å². The van der Waals surface area contributed by atoms with Gasteiger partial charge in [0, 0.05) is 12.2 Å². The van der Waals surface area contributed by atoms with E-state index in [4.69, 9.17) is 9.47 Å². The molecule has 1 aromatic rings. The summed E-state index contributed by atoms with van der Waals surface area (Å²) in [5.74, 6) is -0.199. The normalized spacial score (nSPS) is 20.2. The highest BCUT2D eigenvalue weighted by Gasteiger charge is 2.28. The van der Waals surface area contributed by atoms with Gasteiger partial charge in [-0.15, -0.1) is 0 Å². The monoisotopic (exact) mass is 360 g/mol. The number of amides is 1. The van der Waals surface area contributed by atoms with Gasteiger partial charge in [-0.05, 0) is 64.7 Å². The highest BCUT2D eigenvalue weighted by molar-refractivity contribution is 5.92. The van der Waals surface area contributed by atoms with Crippen LogP contribution in [0.1, 0.15) is 63.0 Å². The van der Waals surface area contributed by atoms with Crippen LogP contribution in [0.5, 0.6) is 0 Å². The Kier molecular flexibility index (Phi) is 6.77. The summed E-state index contributed by atoms with van der Waals surface area (Å²) in [6, 6.07) is 3.44. The smallest absolute Gasteiger partial charge is 0.407 e. The molecule has 6 heteroatoms. The zero-order chi connectivity index (χ0) is 19.2. The predicted molar refractivity (Wildman–Crippen MR) is 99.7 cm³/mol. The molecule has 142 valence electrons. The summed E-state index contributed by atoms with van der Waals surface area (Å²) in [6.07, 6.45) is 8.01. The minimum Gasteiger partial charge on any atom is -0.462 e. The number of esters is 1. The number of nitrogens with zero attached hydrogens (tertiary/aromatic N) is 1. The van der Waals surface area contributed by atoms with E-state index in [-0.39, 0.29) is 17.9 Å². The van der Waals surface area contributed by atoms with Gasteiger partial charge in [-0.25, -0.2) is 9.59 Å². The Bertz CT molecular complexity index is 664. The van der Waals surface area contributed by atoms with E-state index in [0.717, 1.165) is 19.3 Å². The number of nitrogens with one attached hydrogen (secondary N) is 1. The number of alkyl carbamates (subject to hydrolysis) is 1. The summed E-state index contributed by atoms with van der Waals surface area (Å²) in [5, 5.41) is 2.96. The van der Waals surface area contributed by atoms with E-state index in [9.17, 15) is 9.59 Å². The van der Waals surface area contributed by atoms with Crippen LogP contribution in [-0.4, -0.2) is 35.3 Å². The first-order valence-corrected chi connectivity index (χ1v) is 9.10. The predicted octanol–water partition coefficient (Wildman–Crippen LogP) is 3.96. The Labute approximate surface area is 155 Å². The van der Waals surface area contributed by atoms with Crippen molar-refractivity contribution in [2.45, 2.75) is 58.6 Å². The fraction of sp³-hybridized carbons (Fsp3) is 0.550. The minimum atomic E-state index is -0.517. The van der Waals surface area contributed by atoms with E-state index in [1.807, 2.05) is 32.9 Å². The molecular formula is C20H28N2O4. The lowest BCUT2D eigenvalue weighted by atomic mass is 10.0. The second kappa shape index (κ2) is 8.83. The molecule has 0 saturated heterocycles. The molecule has 1 aromatic heterocycles. The van der Waals surface area contributed by atoms with Gasteiger partial charge in [0.05, 0.1) is 17.9 Å². The fourth-order valence-electron chi connectivity index (χ4n) is 3.00. The van der Waals surface area contributed by atoms with Gasteiger partial charge in [0.2, 0.25) is 0 Å². The summed E-state index contributed by atoms with van der Waals surface area (Å²) in [4.78, 5) is 28.3. The SMILES string of the molecule is CCOC(=O)c1cccnc1C=C[C@@H]1CCC[C@@H]1NC(=O)OC(C)(C)C. The van der Waals surface area contributed by atoms with Crippen molar-refractivity contribution < 1.29 is 19.1 Å². The van der Waals surface area contributed by atoms with Gasteiger partial charge in [0.25, 0.3) is 0 Å². The van der Waals surface area contributed by atoms with E-state index in [0.29, 0.717) is 17.9 Å². The first-order valence-electron chi connectivity index (χ1n) is 9.10. The molecule has 0 spiro atoms. The Hall–Kier alpha value is -2.37. The summed E-state index contributed by atoms with van der Waals surface area (Å²) < 4.78 is 10.4. The maximum atomic E-state index is 12.0. The number of rotatable bonds is 5. The van der Waals surface area contributed by atoms with Crippen LogP contribution in [0.25, 0.3) is 6.08 Å². The van der Waals surface area contributed by atoms with Crippen LogP contribution in [0, 0.1) is 5.92 Å². The van der Waals surface area contributed by atoms with Gasteiger partial charge < -0.3 is 14.8 Å². The zero-order valence-electron chi connectivity index (χ0n) is 16.0. The number of hydrogen-bond donors (Lipinski definition) is 1. The Morgan fingerprint density at radius 1 is 1.35 bits per heavy atom. The molecule has 0 bridgehead atoms. The molecule has 1 N–H and O–H groups in total. The molecule has 2 rings (SSSR count). The van der Waals surface area contributed by atoms with Crippen LogP contribution in [0.4, 0.5) is 4.79 Å². The van der Waals surface area contributed by atoms with Gasteiger partial charge in [-0.3, -0.25) is 4.98 Å². The van der Waals surface area contributed by atoms with E-state index in [1.54, 1.807) is 25.3 Å². The van der Waals surface area contributed by atoms with Crippen LogP contribution in [0.2, 0.25) is 0 Å². The lowest BCUT2D eigenvalue weighted by Crippen LogP contribution is -2.40. The van der Waals surface area contributed by atoms with Crippen molar-refractivity contribution in [1.82, 2.24) is 10.3 Å². The van der Waals surface area contributed by atoms with Crippen LogP contribution in [0.3, 0.4) is 0 Å². The number of carbonyl (C=O) groups excluding carboxylic acids is 2. The largest absolute Gasteiger partial charge is 0.462 e. The Morgan fingerprint density at radius 2 is 2.12 bits per heavy atom. The molecule has 1 aliphatic carbocycles. The third kappa shape index (κ3) is 5.86. The van der Waals surface area contributed by atoms with Crippen molar-refractivity contribution >= 4 is 18.1 Å². The highest BCUT2D eigenvalue weighted by Crippen LogP contribution is 2.28. The fourth-order valence-corrected chi connectivity index (χ4v) is 3.00. The van der Waals surface area contributed by atoms with Gasteiger partial charge in [-0.1, -0.05) is 12.5 Å². The number of carbonyl (C=O) groups is 2. The maximum absolute atomic E-state index is 12.0.